The molecule has 0 unspecified atom stereocenters. The smallest absolute Gasteiger partial charge is 0.0726 e. The quantitative estimate of drug-likeness (QED) is 0.729. The van der Waals surface area contributed by atoms with Crippen LogP contribution in [0.1, 0.15) is 32.0 Å². The summed E-state index contributed by atoms with van der Waals surface area (Å²) in [5.41, 5.74) is 10.2. The Kier molecular flexibility index (Phi) is 2.38. The van der Waals surface area contributed by atoms with E-state index in [1.165, 1.54) is 5.56 Å². The summed E-state index contributed by atoms with van der Waals surface area (Å²) in [6, 6.07) is 8.26. The average Bonchev–Trinajstić information content (AvgIpc) is 2.15. The minimum Gasteiger partial charge on any atom is -0.398 e. The van der Waals surface area contributed by atoms with Crippen molar-refractivity contribution in [3.8, 4) is 0 Å². The van der Waals surface area contributed by atoms with Crippen LogP contribution in [-0.4, -0.2) is 4.98 Å². The summed E-state index contributed by atoms with van der Waals surface area (Å²) in [6.07, 6.45) is 0. The van der Waals surface area contributed by atoms with Gasteiger partial charge in [0, 0.05) is 16.8 Å². The fourth-order valence-corrected chi connectivity index (χ4v) is 1.86. The predicted molar refractivity (Wildman–Crippen MR) is 69.6 cm³/mol. The highest BCUT2D eigenvalue weighted by atomic mass is 14.7. The molecule has 0 bridgehead atoms. The van der Waals surface area contributed by atoms with Gasteiger partial charge in [0.1, 0.15) is 0 Å². The van der Waals surface area contributed by atoms with Gasteiger partial charge >= 0.3 is 0 Å². The normalized spacial score (nSPS) is 12.0. The molecule has 1 aromatic carbocycles. The summed E-state index contributed by atoms with van der Waals surface area (Å²) in [7, 11) is 0. The highest BCUT2D eigenvalue weighted by molar-refractivity contribution is 5.90. The number of nitrogens with zero attached hydrogens (tertiary/aromatic N) is 1. The Hall–Kier alpha value is -1.57. The number of hydrogen-bond acceptors (Lipinski definition) is 2. The van der Waals surface area contributed by atoms with Crippen LogP contribution in [0.15, 0.2) is 24.3 Å². The number of aromatic nitrogens is 1. The Morgan fingerprint density at radius 2 is 1.81 bits per heavy atom. The van der Waals surface area contributed by atoms with Gasteiger partial charge in [-0.1, -0.05) is 26.8 Å². The predicted octanol–water partition coefficient (Wildman–Crippen LogP) is 3.42. The first-order chi connectivity index (χ1) is 7.38. The molecule has 0 aliphatic rings. The summed E-state index contributed by atoms with van der Waals surface area (Å²) >= 11 is 0. The SMILES string of the molecule is Cc1cc(N)c2cc(C(C)(C)C)ccc2n1. The van der Waals surface area contributed by atoms with Crippen LogP contribution in [0.3, 0.4) is 0 Å². The zero-order valence-electron chi connectivity index (χ0n) is 10.3. The van der Waals surface area contributed by atoms with Crippen LogP contribution >= 0.6 is 0 Å². The van der Waals surface area contributed by atoms with Crippen molar-refractivity contribution in [1.29, 1.82) is 0 Å². The molecule has 16 heavy (non-hydrogen) atoms. The Morgan fingerprint density at radius 1 is 1.12 bits per heavy atom. The van der Waals surface area contributed by atoms with Gasteiger partial charge in [-0.15, -0.1) is 0 Å². The summed E-state index contributed by atoms with van der Waals surface area (Å²) in [4.78, 5) is 4.48. The second kappa shape index (κ2) is 3.48. The molecule has 0 aliphatic heterocycles. The lowest BCUT2D eigenvalue weighted by atomic mass is 9.86. The van der Waals surface area contributed by atoms with Crippen molar-refractivity contribution in [2.45, 2.75) is 33.1 Å². The molecule has 0 aliphatic carbocycles. The minimum atomic E-state index is 0.144. The third kappa shape index (κ3) is 1.87. The van der Waals surface area contributed by atoms with E-state index >= 15 is 0 Å². The Bertz CT molecular complexity index is 536. The molecule has 2 N–H and O–H groups in total. The lowest BCUT2D eigenvalue weighted by molar-refractivity contribution is 0.591. The Morgan fingerprint density at radius 3 is 2.44 bits per heavy atom. The lowest BCUT2D eigenvalue weighted by Gasteiger charge is -2.19. The van der Waals surface area contributed by atoms with Gasteiger partial charge in [0.05, 0.1) is 5.52 Å². The molecule has 2 nitrogen and oxygen atoms in total. The van der Waals surface area contributed by atoms with Gasteiger partial charge in [-0.2, -0.15) is 0 Å². The second-order valence-electron chi connectivity index (χ2n) is 5.33. The maximum absolute atomic E-state index is 6.03. The molecule has 0 saturated heterocycles. The maximum atomic E-state index is 6.03. The zero-order chi connectivity index (χ0) is 11.9. The van der Waals surface area contributed by atoms with E-state index in [4.69, 9.17) is 5.73 Å². The molecule has 2 heteroatoms. The molecule has 2 aromatic rings. The largest absolute Gasteiger partial charge is 0.398 e. The first kappa shape index (κ1) is 10.9. The lowest BCUT2D eigenvalue weighted by Crippen LogP contribution is -2.10. The van der Waals surface area contributed by atoms with Crippen LogP contribution in [0.2, 0.25) is 0 Å². The van der Waals surface area contributed by atoms with Crippen LogP contribution in [-0.2, 0) is 5.41 Å². The van der Waals surface area contributed by atoms with Gasteiger partial charge in [-0.3, -0.25) is 4.98 Å². The van der Waals surface area contributed by atoms with Crippen LogP contribution in [0.4, 0.5) is 5.69 Å². The molecule has 0 saturated carbocycles. The molecule has 0 fully saturated rings. The van der Waals surface area contributed by atoms with E-state index in [0.29, 0.717) is 0 Å². The van der Waals surface area contributed by atoms with Gasteiger partial charge < -0.3 is 5.73 Å². The van der Waals surface area contributed by atoms with Crippen LogP contribution in [0.25, 0.3) is 10.9 Å². The standard InChI is InChI=1S/C14H18N2/c1-9-7-12(15)11-8-10(14(2,3)4)5-6-13(11)16-9/h5-8H,1-4H3,(H2,15,16). The molecule has 0 amide bonds. The first-order valence-electron chi connectivity index (χ1n) is 5.55. The number of fused-ring (bicyclic) bond motifs is 1. The van der Waals surface area contributed by atoms with Crippen LogP contribution in [0, 0.1) is 6.92 Å². The number of nitrogen functional groups attached to an aromatic ring is 1. The van der Waals surface area contributed by atoms with E-state index in [1.807, 2.05) is 13.0 Å². The molecule has 0 atom stereocenters. The molecule has 1 aromatic heterocycles. The van der Waals surface area contributed by atoms with Crippen molar-refractivity contribution in [3.63, 3.8) is 0 Å². The van der Waals surface area contributed by atoms with E-state index in [9.17, 15) is 0 Å². The zero-order valence-corrected chi connectivity index (χ0v) is 10.3. The topological polar surface area (TPSA) is 38.9 Å². The van der Waals surface area contributed by atoms with E-state index in [2.05, 4.69) is 44.0 Å². The van der Waals surface area contributed by atoms with Crippen LogP contribution in [0.5, 0.6) is 0 Å². The average molecular weight is 214 g/mol. The summed E-state index contributed by atoms with van der Waals surface area (Å²) in [6.45, 7) is 8.57. The van der Waals surface area contributed by atoms with E-state index in [1.54, 1.807) is 0 Å². The van der Waals surface area contributed by atoms with Gasteiger partial charge in [-0.05, 0) is 36.1 Å². The van der Waals surface area contributed by atoms with Crippen LogP contribution < -0.4 is 5.73 Å². The third-order valence-electron chi connectivity index (χ3n) is 2.83. The molecular formula is C14H18N2. The minimum absolute atomic E-state index is 0.144. The molecule has 84 valence electrons. The molecule has 1 heterocycles. The van der Waals surface area contributed by atoms with Gasteiger partial charge in [0.15, 0.2) is 0 Å². The van der Waals surface area contributed by atoms with Crippen molar-refractivity contribution < 1.29 is 0 Å². The second-order valence-corrected chi connectivity index (χ2v) is 5.33. The van der Waals surface area contributed by atoms with Gasteiger partial charge in [0.25, 0.3) is 0 Å². The van der Waals surface area contributed by atoms with E-state index in [-0.39, 0.29) is 5.41 Å². The fraction of sp³-hybridized carbons (Fsp3) is 0.357. The summed E-state index contributed by atoms with van der Waals surface area (Å²) < 4.78 is 0. The fourth-order valence-electron chi connectivity index (χ4n) is 1.86. The number of pyridine rings is 1. The number of rotatable bonds is 0. The first-order valence-corrected chi connectivity index (χ1v) is 5.55. The molecular weight excluding hydrogens is 196 g/mol. The van der Waals surface area contributed by atoms with E-state index < -0.39 is 0 Å². The van der Waals surface area contributed by atoms with Crippen molar-refractivity contribution in [2.24, 2.45) is 0 Å². The highest BCUT2D eigenvalue weighted by Gasteiger charge is 2.14. The maximum Gasteiger partial charge on any atom is 0.0726 e. The number of anilines is 1. The highest BCUT2D eigenvalue weighted by Crippen LogP contribution is 2.28. The molecule has 0 radical (unpaired) electrons. The number of nitrogens with two attached hydrogens (primary N) is 1. The van der Waals surface area contributed by atoms with Gasteiger partial charge in [-0.25, -0.2) is 0 Å². The Labute approximate surface area is 96.5 Å². The number of hydrogen-bond donors (Lipinski definition) is 1. The summed E-state index contributed by atoms with van der Waals surface area (Å²) in [5, 5.41) is 1.05. The third-order valence-corrected chi connectivity index (χ3v) is 2.83. The van der Waals surface area contributed by atoms with Crippen molar-refractivity contribution in [2.75, 3.05) is 5.73 Å². The summed E-state index contributed by atoms with van der Waals surface area (Å²) in [5.74, 6) is 0. The number of benzene rings is 1. The van der Waals surface area contributed by atoms with Gasteiger partial charge in [0.2, 0.25) is 0 Å². The number of aryl methyl sites for hydroxylation is 1. The van der Waals surface area contributed by atoms with Crippen molar-refractivity contribution in [1.82, 2.24) is 4.98 Å². The monoisotopic (exact) mass is 214 g/mol. The van der Waals surface area contributed by atoms with Crippen molar-refractivity contribution in [3.05, 3.63) is 35.5 Å². The van der Waals surface area contributed by atoms with E-state index in [0.717, 1.165) is 22.3 Å². The Balaban J connectivity index is 2.72. The molecule has 2 rings (SSSR count). The van der Waals surface area contributed by atoms with Crippen molar-refractivity contribution >= 4 is 16.6 Å². The molecule has 0 spiro atoms.